The minimum atomic E-state index is -5.52. The minimum absolute atomic E-state index is 0.312. The van der Waals surface area contributed by atoms with Crippen LogP contribution >= 0.6 is 0 Å². The van der Waals surface area contributed by atoms with E-state index in [1.54, 1.807) is 18.2 Å². The first-order valence-corrected chi connectivity index (χ1v) is 4.45. The van der Waals surface area contributed by atoms with Gasteiger partial charge in [-0.15, -0.1) is 0 Å². The predicted molar refractivity (Wildman–Crippen MR) is 50.7 cm³/mol. The van der Waals surface area contributed by atoms with Crippen LogP contribution in [0.15, 0.2) is 30.3 Å². The monoisotopic (exact) mass is 239 g/mol. The molecule has 0 heterocycles. The SMILES string of the molecule is CN(CC(F)(F)C(F)(F)F)c1ccccc1. The Morgan fingerprint density at radius 2 is 1.50 bits per heavy atom. The zero-order chi connectivity index (χ0) is 12.4. The molecule has 1 rings (SSSR count). The first-order chi connectivity index (χ1) is 7.24. The standard InChI is InChI=1S/C10H10F5N/c1-16(8-5-3-2-4-6-8)7-9(11,12)10(13,14)15/h2-6H,7H2,1H3. The molecule has 1 aromatic carbocycles. The van der Waals surface area contributed by atoms with Crippen LogP contribution in [0.2, 0.25) is 0 Å². The molecule has 0 amide bonds. The quantitative estimate of drug-likeness (QED) is 0.731. The summed E-state index contributed by atoms with van der Waals surface area (Å²) in [5.41, 5.74) is 0.312. The van der Waals surface area contributed by atoms with Gasteiger partial charge < -0.3 is 4.90 Å². The molecule has 6 heteroatoms. The molecule has 0 fully saturated rings. The summed E-state index contributed by atoms with van der Waals surface area (Å²) in [5, 5.41) is 0. The Morgan fingerprint density at radius 1 is 1.00 bits per heavy atom. The second-order valence-electron chi connectivity index (χ2n) is 3.39. The molecular formula is C10H10F5N. The molecule has 0 aliphatic heterocycles. The number of anilines is 1. The van der Waals surface area contributed by atoms with Crippen molar-refractivity contribution in [3.63, 3.8) is 0 Å². The number of rotatable bonds is 3. The van der Waals surface area contributed by atoms with Crippen LogP contribution in [0, 0.1) is 0 Å². The summed E-state index contributed by atoms with van der Waals surface area (Å²) in [4.78, 5) is 0.869. The van der Waals surface area contributed by atoms with Crippen molar-refractivity contribution in [2.24, 2.45) is 0 Å². The third-order valence-electron chi connectivity index (χ3n) is 2.05. The predicted octanol–water partition coefficient (Wildman–Crippen LogP) is 3.32. The number of benzene rings is 1. The van der Waals surface area contributed by atoms with Crippen LogP contribution in [0.3, 0.4) is 0 Å². The van der Waals surface area contributed by atoms with E-state index in [1.807, 2.05) is 0 Å². The first-order valence-electron chi connectivity index (χ1n) is 4.45. The molecule has 0 aromatic heterocycles. The highest BCUT2D eigenvalue weighted by atomic mass is 19.4. The lowest BCUT2D eigenvalue weighted by Crippen LogP contribution is -2.45. The van der Waals surface area contributed by atoms with E-state index in [4.69, 9.17) is 0 Å². The normalized spacial score (nSPS) is 12.6. The van der Waals surface area contributed by atoms with E-state index in [0.29, 0.717) is 5.69 Å². The summed E-state index contributed by atoms with van der Waals surface area (Å²) in [7, 11) is 1.19. The van der Waals surface area contributed by atoms with Crippen molar-refractivity contribution in [3.8, 4) is 0 Å². The fourth-order valence-corrected chi connectivity index (χ4v) is 1.16. The molecule has 16 heavy (non-hydrogen) atoms. The van der Waals surface area contributed by atoms with Gasteiger partial charge in [0.25, 0.3) is 0 Å². The Kier molecular flexibility index (Phi) is 3.40. The van der Waals surface area contributed by atoms with Gasteiger partial charge in [-0.3, -0.25) is 0 Å². The summed E-state index contributed by atoms with van der Waals surface area (Å²) in [6.07, 6.45) is -5.52. The first kappa shape index (κ1) is 12.7. The molecule has 0 atom stereocenters. The Morgan fingerprint density at radius 3 is 1.94 bits per heavy atom. The molecule has 0 aliphatic rings. The van der Waals surface area contributed by atoms with E-state index >= 15 is 0 Å². The van der Waals surface area contributed by atoms with Gasteiger partial charge in [-0.25, -0.2) is 0 Å². The molecule has 0 N–H and O–H groups in total. The second kappa shape index (κ2) is 4.27. The van der Waals surface area contributed by atoms with Crippen LogP contribution in [-0.2, 0) is 0 Å². The number of hydrogen-bond donors (Lipinski definition) is 0. The molecule has 0 radical (unpaired) electrons. The molecule has 0 spiro atoms. The van der Waals surface area contributed by atoms with E-state index in [-0.39, 0.29) is 0 Å². The van der Waals surface area contributed by atoms with E-state index in [2.05, 4.69) is 0 Å². The van der Waals surface area contributed by atoms with Crippen molar-refractivity contribution in [2.75, 3.05) is 18.5 Å². The molecule has 1 aromatic rings. The van der Waals surface area contributed by atoms with E-state index in [1.165, 1.54) is 19.2 Å². The van der Waals surface area contributed by atoms with Gasteiger partial charge in [-0.1, -0.05) is 18.2 Å². The van der Waals surface area contributed by atoms with Crippen LogP contribution < -0.4 is 4.90 Å². The highest BCUT2D eigenvalue weighted by Gasteiger charge is 2.57. The number of hydrogen-bond acceptors (Lipinski definition) is 1. The molecular weight excluding hydrogens is 229 g/mol. The van der Waals surface area contributed by atoms with Gasteiger partial charge in [0.2, 0.25) is 0 Å². The second-order valence-corrected chi connectivity index (χ2v) is 3.39. The average Bonchev–Trinajstić information content (AvgIpc) is 2.16. The molecule has 1 nitrogen and oxygen atoms in total. The highest BCUT2D eigenvalue weighted by molar-refractivity contribution is 5.45. The molecule has 90 valence electrons. The summed E-state index contributed by atoms with van der Waals surface area (Å²) >= 11 is 0. The van der Waals surface area contributed by atoms with Gasteiger partial charge in [-0.2, -0.15) is 22.0 Å². The van der Waals surface area contributed by atoms with Crippen molar-refractivity contribution in [2.45, 2.75) is 12.1 Å². The largest absolute Gasteiger partial charge is 0.455 e. The van der Waals surface area contributed by atoms with Gasteiger partial charge in [-0.05, 0) is 12.1 Å². The van der Waals surface area contributed by atoms with E-state index in [0.717, 1.165) is 4.90 Å². The van der Waals surface area contributed by atoms with Gasteiger partial charge in [0.05, 0.1) is 6.54 Å². The number of nitrogens with zero attached hydrogens (tertiary/aromatic N) is 1. The van der Waals surface area contributed by atoms with Crippen LogP contribution in [-0.4, -0.2) is 25.7 Å². The van der Waals surface area contributed by atoms with Gasteiger partial charge >= 0.3 is 12.1 Å². The zero-order valence-corrected chi connectivity index (χ0v) is 8.43. The van der Waals surface area contributed by atoms with E-state index in [9.17, 15) is 22.0 Å². The van der Waals surface area contributed by atoms with Gasteiger partial charge in [0.15, 0.2) is 0 Å². The molecule has 0 bridgehead atoms. The summed E-state index contributed by atoms with van der Waals surface area (Å²) in [6.45, 7) is -1.39. The zero-order valence-electron chi connectivity index (χ0n) is 8.43. The lowest BCUT2D eigenvalue weighted by atomic mass is 10.2. The average molecular weight is 239 g/mol. The molecule has 0 saturated carbocycles. The van der Waals surface area contributed by atoms with Gasteiger partial charge in [0, 0.05) is 12.7 Å². The maximum Gasteiger partial charge on any atom is 0.455 e. The smallest absolute Gasteiger partial charge is 0.368 e. The maximum absolute atomic E-state index is 12.7. The number of halogens is 5. The molecule has 0 saturated heterocycles. The van der Waals surface area contributed by atoms with Crippen LogP contribution in [0.5, 0.6) is 0 Å². The van der Waals surface area contributed by atoms with E-state index < -0.39 is 18.6 Å². The van der Waals surface area contributed by atoms with Crippen molar-refractivity contribution in [3.05, 3.63) is 30.3 Å². The summed E-state index contributed by atoms with van der Waals surface area (Å²) in [5.74, 6) is -4.71. The fourth-order valence-electron chi connectivity index (χ4n) is 1.16. The maximum atomic E-state index is 12.7. The topological polar surface area (TPSA) is 3.24 Å². The van der Waals surface area contributed by atoms with Crippen LogP contribution in [0.1, 0.15) is 0 Å². The Balaban J connectivity index is 2.76. The number of para-hydroxylation sites is 1. The highest BCUT2D eigenvalue weighted by Crippen LogP contribution is 2.36. The third kappa shape index (κ3) is 2.84. The van der Waals surface area contributed by atoms with Crippen LogP contribution in [0.4, 0.5) is 27.6 Å². The number of alkyl halides is 5. The Hall–Kier alpha value is -1.33. The fraction of sp³-hybridized carbons (Fsp3) is 0.400. The summed E-state index contributed by atoms with van der Waals surface area (Å²) < 4.78 is 61.2. The lowest BCUT2D eigenvalue weighted by Gasteiger charge is -2.26. The van der Waals surface area contributed by atoms with Crippen molar-refractivity contribution >= 4 is 5.69 Å². The van der Waals surface area contributed by atoms with Gasteiger partial charge in [0.1, 0.15) is 0 Å². The van der Waals surface area contributed by atoms with Crippen molar-refractivity contribution in [1.82, 2.24) is 0 Å². The van der Waals surface area contributed by atoms with Crippen LogP contribution in [0.25, 0.3) is 0 Å². The lowest BCUT2D eigenvalue weighted by molar-refractivity contribution is -0.276. The Labute approximate surface area is 89.5 Å². The van der Waals surface area contributed by atoms with Crippen molar-refractivity contribution < 1.29 is 22.0 Å². The Bertz CT molecular complexity index is 333. The minimum Gasteiger partial charge on any atom is -0.368 e. The van der Waals surface area contributed by atoms with Crippen molar-refractivity contribution in [1.29, 1.82) is 0 Å². The summed E-state index contributed by atoms with van der Waals surface area (Å²) in [6, 6.07) is 7.72. The third-order valence-corrected chi connectivity index (χ3v) is 2.05. The molecule has 0 aliphatic carbocycles. The molecule has 0 unspecified atom stereocenters.